The first-order chi connectivity index (χ1) is 7.88. The zero-order valence-corrected chi connectivity index (χ0v) is 10.7. The number of imide groups is 1. The van der Waals surface area contributed by atoms with Gasteiger partial charge in [-0.15, -0.1) is 0 Å². The molecule has 2 fully saturated rings. The summed E-state index contributed by atoms with van der Waals surface area (Å²) in [5, 5.41) is 3.23. The molecule has 0 aromatic carbocycles. The van der Waals surface area contributed by atoms with Gasteiger partial charge in [0.1, 0.15) is 5.60 Å². The Morgan fingerprint density at radius 1 is 1.41 bits per heavy atom. The lowest BCUT2D eigenvalue weighted by molar-refractivity contribution is -0.136. The Morgan fingerprint density at radius 3 is 2.76 bits per heavy atom. The number of carbonyl (C=O) groups is 2. The highest BCUT2D eigenvalue weighted by Gasteiger charge is 2.43. The number of likely N-dealkylation sites (tertiary alicyclic amines) is 1. The minimum absolute atomic E-state index is 0.0221. The molecule has 2 aliphatic heterocycles. The summed E-state index contributed by atoms with van der Waals surface area (Å²) in [6.07, 6.45) is 0.818. The van der Waals surface area contributed by atoms with Crippen molar-refractivity contribution < 1.29 is 14.3 Å². The molecule has 5 nitrogen and oxygen atoms in total. The normalized spacial score (nSPS) is 29.1. The maximum Gasteiger partial charge on any atom is 0.417 e. The minimum Gasteiger partial charge on any atom is -0.443 e. The van der Waals surface area contributed by atoms with E-state index in [1.54, 1.807) is 0 Å². The van der Waals surface area contributed by atoms with Gasteiger partial charge < -0.3 is 10.1 Å². The van der Waals surface area contributed by atoms with Gasteiger partial charge in [-0.3, -0.25) is 4.79 Å². The molecule has 17 heavy (non-hydrogen) atoms. The summed E-state index contributed by atoms with van der Waals surface area (Å²) in [6.45, 7) is 7.00. The molecule has 0 radical (unpaired) electrons. The Labute approximate surface area is 101 Å². The van der Waals surface area contributed by atoms with E-state index in [9.17, 15) is 9.59 Å². The Balaban J connectivity index is 2.11. The van der Waals surface area contributed by atoms with Crippen LogP contribution in [-0.4, -0.2) is 41.6 Å². The van der Waals surface area contributed by atoms with E-state index in [1.165, 1.54) is 4.90 Å². The van der Waals surface area contributed by atoms with Gasteiger partial charge in [0.2, 0.25) is 5.91 Å². The summed E-state index contributed by atoms with van der Waals surface area (Å²) in [6, 6.07) is -0.0221. The second kappa shape index (κ2) is 4.29. The third-order valence-electron chi connectivity index (χ3n) is 3.22. The van der Waals surface area contributed by atoms with Crippen molar-refractivity contribution in [1.29, 1.82) is 0 Å². The summed E-state index contributed by atoms with van der Waals surface area (Å²) >= 11 is 0. The lowest BCUT2D eigenvalue weighted by atomic mass is 9.92. The minimum atomic E-state index is -0.559. The van der Waals surface area contributed by atoms with Crippen molar-refractivity contribution in [3.63, 3.8) is 0 Å². The zero-order valence-electron chi connectivity index (χ0n) is 10.7. The second-order valence-corrected chi connectivity index (χ2v) is 5.77. The van der Waals surface area contributed by atoms with Gasteiger partial charge in [0.15, 0.2) is 0 Å². The van der Waals surface area contributed by atoms with E-state index in [2.05, 4.69) is 5.32 Å². The zero-order chi connectivity index (χ0) is 12.6. The topological polar surface area (TPSA) is 58.6 Å². The number of nitrogens with zero attached hydrogens (tertiary/aromatic N) is 1. The van der Waals surface area contributed by atoms with Gasteiger partial charge in [-0.05, 0) is 33.1 Å². The highest BCUT2D eigenvalue weighted by atomic mass is 16.6. The first-order valence-electron chi connectivity index (χ1n) is 6.14. The molecule has 2 aliphatic rings. The molecule has 0 bridgehead atoms. The van der Waals surface area contributed by atoms with Crippen molar-refractivity contribution in [2.45, 2.75) is 45.3 Å². The van der Waals surface area contributed by atoms with Crippen LogP contribution in [0, 0.1) is 5.92 Å². The molecule has 2 amide bonds. The van der Waals surface area contributed by atoms with Crippen LogP contribution in [0.25, 0.3) is 0 Å². The predicted octanol–water partition coefficient (Wildman–Crippen LogP) is 1.13. The molecule has 2 atom stereocenters. The molecular formula is C12H20N2O3. The Bertz CT molecular complexity index is 335. The number of rotatable bonds is 0. The smallest absolute Gasteiger partial charge is 0.417 e. The first kappa shape index (κ1) is 12.4. The van der Waals surface area contributed by atoms with E-state index in [-0.39, 0.29) is 11.9 Å². The van der Waals surface area contributed by atoms with Crippen LogP contribution in [0.15, 0.2) is 0 Å². The van der Waals surface area contributed by atoms with E-state index < -0.39 is 11.7 Å². The fourth-order valence-corrected chi connectivity index (χ4v) is 2.48. The summed E-state index contributed by atoms with van der Waals surface area (Å²) in [5.74, 6) is 0.282. The molecule has 2 saturated heterocycles. The maximum absolute atomic E-state index is 12.0. The first-order valence-corrected chi connectivity index (χ1v) is 6.14. The van der Waals surface area contributed by atoms with Gasteiger partial charge in [0, 0.05) is 19.5 Å². The molecular weight excluding hydrogens is 220 g/mol. The lowest BCUT2D eigenvalue weighted by Crippen LogP contribution is -2.52. The van der Waals surface area contributed by atoms with Crippen LogP contribution in [-0.2, 0) is 9.53 Å². The highest BCUT2D eigenvalue weighted by molar-refractivity contribution is 5.93. The standard InChI is InChI=1S/C12H20N2O3/c1-12(2,3)17-11(16)14-9-7-13-6-8(9)4-5-10(14)15/h8-9,13H,4-7H2,1-3H3. The summed E-state index contributed by atoms with van der Waals surface area (Å²) in [7, 11) is 0. The molecule has 0 saturated carbocycles. The van der Waals surface area contributed by atoms with Crippen molar-refractivity contribution in [2.75, 3.05) is 13.1 Å². The van der Waals surface area contributed by atoms with Gasteiger partial charge in [0.05, 0.1) is 6.04 Å². The van der Waals surface area contributed by atoms with Crippen LogP contribution in [0.1, 0.15) is 33.6 Å². The fourth-order valence-electron chi connectivity index (χ4n) is 2.48. The second-order valence-electron chi connectivity index (χ2n) is 5.77. The van der Waals surface area contributed by atoms with E-state index >= 15 is 0 Å². The Hall–Kier alpha value is -1.10. The van der Waals surface area contributed by atoms with Crippen LogP contribution in [0.5, 0.6) is 0 Å². The van der Waals surface area contributed by atoms with Gasteiger partial charge in [0.25, 0.3) is 0 Å². The van der Waals surface area contributed by atoms with Crippen molar-refractivity contribution in [2.24, 2.45) is 5.92 Å². The largest absolute Gasteiger partial charge is 0.443 e. The van der Waals surface area contributed by atoms with Crippen LogP contribution in [0.2, 0.25) is 0 Å². The molecule has 0 aliphatic carbocycles. The highest BCUT2D eigenvalue weighted by Crippen LogP contribution is 2.28. The number of hydrogen-bond donors (Lipinski definition) is 1. The number of amides is 2. The Morgan fingerprint density at radius 2 is 2.12 bits per heavy atom. The number of carbonyl (C=O) groups excluding carboxylic acids is 2. The van der Waals surface area contributed by atoms with Gasteiger partial charge >= 0.3 is 6.09 Å². The van der Waals surface area contributed by atoms with E-state index in [1.807, 2.05) is 20.8 Å². The molecule has 0 spiro atoms. The monoisotopic (exact) mass is 240 g/mol. The van der Waals surface area contributed by atoms with Crippen molar-refractivity contribution in [3.8, 4) is 0 Å². The van der Waals surface area contributed by atoms with Gasteiger partial charge in [-0.1, -0.05) is 0 Å². The van der Waals surface area contributed by atoms with Crippen LogP contribution in [0.4, 0.5) is 4.79 Å². The maximum atomic E-state index is 12.0. The van der Waals surface area contributed by atoms with Gasteiger partial charge in [-0.2, -0.15) is 0 Å². The van der Waals surface area contributed by atoms with E-state index in [0.717, 1.165) is 13.0 Å². The molecule has 0 aromatic rings. The number of ether oxygens (including phenoxy) is 1. The number of nitrogens with one attached hydrogen (secondary N) is 1. The quantitative estimate of drug-likeness (QED) is 0.689. The number of fused-ring (bicyclic) bond motifs is 1. The average Bonchev–Trinajstić information content (AvgIpc) is 2.61. The van der Waals surface area contributed by atoms with Crippen LogP contribution < -0.4 is 5.32 Å². The molecule has 5 heteroatoms. The number of hydrogen-bond acceptors (Lipinski definition) is 4. The average molecular weight is 240 g/mol. The van der Waals surface area contributed by atoms with Crippen molar-refractivity contribution in [3.05, 3.63) is 0 Å². The fraction of sp³-hybridized carbons (Fsp3) is 0.833. The third kappa shape index (κ3) is 2.60. The van der Waals surface area contributed by atoms with Crippen LogP contribution in [0.3, 0.4) is 0 Å². The SMILES string of the molecule is CC(C)(C)OC(=O)N1C(=O)CCC2CNCC21. The molecule has 2 unspecified atom stereocenters. The molecule has 96 valence electrons. The van der Waals surface area contributed by atoms with E-state index in [4.69, 9.17) is 4.74 Å². The third-order valence-corrected chi connectivity index (χ3v) is 3.22. The Kier molecular flexibility index (Phi) is 3.12. The molecule has 2 rings (SSSR count). The van der Waals surface area contributed by atoms with Crippen LogP contribution >= 0.6 is 0 Å². The summed E-state index contributed by atoms with van der Waals surface area (Å²) < 4.78 is 5.29. The van der Waals surface area contributed by atoms with E-state index in [0.29, 0.717) is 18.9 Å². The lowest BCUT2D eigenvalue weighted by Gasteiger charge is -2.36. The predicted molar refractivity (Wildman–Crippen MR) is 62.5 cm³/mol. The summed E-state index contributed by atoms with van der Waals surface area (Å²) in [5.41, 5.74) is -0.559. The molecule has 2 heterocycles. The molecule has 1 N–H and O–H groups in total. The molecule has 0 aromatic heterocycles. The van der Waals surface area contributed by atoms with Gasteiger partial charge in [-0.25, -0.2) is 9.69 Å². The summed E-state index contributed by atoms with van der Waals surface area (Å²) in [4.78, 5) is 25.2. The van der Waals surface area contributed by atoms with Crippen molar-refractivity contribution >= 4 is 12.0 Å². The van der Waals surface area contributed by atoms with Crippen molar-refractivity contribution in [1.82, 2.24) is 10.2 Å². The number of piperidine rings is 1.